The third-order valence-corrected chi connectivity index (χ3v) is 2.10. The van der Waals surface area contributed by atoms with Gasteiger partial charge in [0.1, 0.15) is 5.60 Å². The van der Waals surface area contributed by atoms with Gasteiger partial charge in [-0.25, -0.2) is 9.18 Å². The Kier molecular flexibility index (Phi) is 4.16. The monoisotopic (exact) mass is 256 g/mol. The fourth-order valence-electron chi connectivity index (χ4n) is 1.38. The third kappa shape index (κ3) is 3.12. The first-order valence-corrected chi connectivity index (χ1v) is 5.44. The maximum atomic E-state index is 14.0. The summed E-state index contributed by atoms with van der Waals surface area (Å²) < 4.78 is 29.0. The van der Waals surface area contributed by atoms with Gasteiger partial charge in [0.15, 0.2) is 17.3 Å². The molecule has 1 rings (SSSR count). The van der Waals surface area contributed by atoms with Gasteiger partial charge in [-0.1, -0.05) is 0 Å². The van der Waals surface area contributed by atoms with Crippen molar-refractivity contribution in [1.29, 1.82) is 0 Å². The first-order valence-electron chi connectivity index (χ1n) is 5.44. The molecular weight excluding hydrogens is 239 g/mol. The van der Waals surface area contributed by atoms with E-state index < -0.39 is 17.4 Å². The molecule has 4 nitrogen and oxygen atoms in total. The molecule has 0 heterocycles. The Bertz CT molecular complexity index is 449. The summed E-state index contributed by atoms with van der Waals surface area (Å²) in [6.07, 6.45) is 0. The molecule has 0 N–H and O–H groups in total. The van der Waals surface area contributed by atoms with Crippen LogP contribution in [-0.4, -0.2) is 25.8 Å². The summed E-state index contributed by atoms with van der Waals surface area (Å²) in [6.45, 7) is 5.14. The Morgan fingerprint density at radius 3 is 2.22 bits per heavy atom. The number of hydrogen-bond donors (Lipinski definition) is 0. The van der Waals surface area contributed by atoms with Gasteiger partial charge in [-0.2, -0.15) is 0 Å². The Balaban J connectivity index is 3.15. The van der Waals surface area contributed by atoms with Crippen molar-refractivity contribution in [2.24, 2.45) is 0 Å². The summed E-state index contributed by atoms with van der Waals surface area (Å²) >= 11 is 0. The molecule has 0 saturated heterocycles. The van der Waals surface area contributed by atoms with Crippen LogP contribution in [0.4, 0.5) is 4.39 Å². The van der Waals surface area contributed by atoms with Crippen LogP contribution in [0.5, 0.6) is 11.5 Å². The fraction of sp³-hybridized carbons (Fsp3) is 0.462. The van der Waals surface area contributed by atoms with Gasteiger partial charge in [-0.15, -0.1) is 0 Å². The van der Waals surface area contributed by atoms with Gasteiger partial charge in [0.05, 0.1) is 19.8 Å². The van der Waals surface area contributed by atoms with E-state index in [0.717, 1.165) is 0 Å². The van der Waals surface area contributed by atoms with Crippen LogP contribution >= 0.6 is 0 Å². The molecular formula is C13H17FO4. The van der Waals surface area contributed by atoms with E-state index in [1.807, 2.05) is 0 Å². The number of methoxy groups -OCH3 is 2. The largest absolute Gasteiger partial charge is 0.493 e. The number of benzene rings is 1. The molecule has 0 aliphatic carbocycles. The second kappa shape index (κ2) is 5.25. The number of halogens is 1. The molecule has 0 spiro atoms. The zero-order valence-electron chi connectivity index (χ0n) is 11.2. The fourth-order valence-corrected chi connectivity index (χ4v) is 1.38. The maximum Gasteiger partial charge on any atom is 0.341 e. The molecule has 0 aliphatic rings. The van der Waals surface area contributed by atoms with Crippen molar-refractivity contribution in [3.05, 3.63) is 23.5 Å². The number of carbonyl (C=O) groups excluding carboxylic acids is 1. The molecule has 0 saturated carbocycles. The van der Waals surface area contributed by atoms with E-state index in [0.29, 0.717) is 0 Å². The van der Waals surface area contributed by atoms with Crippen molar-refractivity contribution in [3.63, 3.8) is 0 Å². The lowest BCUT2D eigenvalue weighted by Gasteiger charge is -2.20. The Labute approximate surface area is 106 Å². The standard InChI is InChI=1S/C13H17FO4/c1-13(2,3)18-12(15)8-6-7-9(16-4)11(17-5)10(8)14/h6-7H,1-5H3. The quantitative estimate of drug-likeness (QED) is 0.780. The molecule has 1 aromatic carbocycles. The number of carbonyl (C=O) groups is 1. The molecule has 0 radical (unpaired) electrons. The molecule has 100 valence electrons. The molecule has 0 atom stereocenters. The van der Waals surface area contributed by atoms with Crippen LogP contribution in [0.2, 0.25) is 0 Å². The minimum Gasteiger partial charge on any atom is -0.493 e. The summed E-state index contributed by atoms with van der Waals surface area (Å²) in [5.74, 6) is -1.41. The summed E-state index contributed by atoms with van der Waals surface area (Å²) in [5.41, 5.74) is -0.862. The predicted molar refractivity (Wildman–Crippen MR) is 64.7 cm³/mol. The summed E-state index contributed by atoms with van der Waals surface area (Å²) in [4.78, 5) is 11.8. The predicted octanol–water partition coefficient (Wildman–Crippen LogP) is 2.80. The Morgan fingerprint density at radius 2 is 1.78 bits per heavy atom. The van der Waals surface area contributed by atoms with Gasteiger partial charge in [0.2, 0.25) is 0 Å². The van der Waals surface area contributed by atoms with Crippen molar-refractivity contribution < 1.29 is 23.4 Å². The molecule has 0 bridgehead atoms. The topological polar surface area (TPSA) is 44.8 Å². The zero-order chi connectivity index (χ0) is 13.9. The normalized spacial score (nSPS) is 11.0. The zero-order valence-corrected chi connectivity index (χ0v) is 11.2. The summed E-state index contributed by atoms with van der Waals surface area (Å²) in [7, 11) is 2.70. The van der Waals surface area contributed by atoms with E-state index in [9.17, 15) is 9.18 Å². The molecule has 18 heavy (non-hydrogen) atoms. The molecule has 0 aromatic heterocycles. The molecule has 1 aromatic rings. The molecule has 0 unspecified atom stereocenters. The molecule has 0 aliphatic heterocycles. The minimum absolute atomic E-state index is 0.110. The SMILES string of the molecule is COc1ccc(C(=O)OC(C)(C)C)c(F)c1OC. The first kappa shape index (κ1) is 14.3. The van der Waals surface area contributed by atoms with E-state index in [1.165, 1.54) is 26.4 Å². The average Bonchev–Trinajstić information content (AvgIpc) is 2.25. The number of rotatable bonds is 3. The van der Waals surface area contributed by atoms with Gasteiger partial charge < -0.3 is 14.2 Å². The van der Waals surface area contributed by atoms with E-state index in [2.05, 4.69) is 0 Å². The second-order valence-corrected chi connectivity index (χ2v) is 4.66. The summed E-state index contributed by atoms with van der Waals surface area (Å²) in [5, 5.41) is 0. The Morgan fingerprint density at radius 1 is 1.17 bits per heavy atom. The molecule has 0 fully saturated rings. The van der Waals surface area contributed by atoms with Crippen LogP contribution in [0.1, 0.15) is 31.1 Å². The first-order chi connectivity index (χ1) is 8.30. The van der Waals surface area contributed by atoms with E-state index in [4.69, 9.17) is 14.2 Å². The highest BCUT2D eigenvalue weighted by molar-refractivity contribution is 5.91. The number of ether oxygens (including phenoxy) is 3. The van der Waals surface area contributed by atoms with Crippen LogP contribution in [0.25, 0.3) is 0 Å². The van der Waals surface area contributed by atoms with Crippen molar-refractivity contribution in [2.75, 3.05) is 14.2 Å². The van der Waals surface area contributed by atoms with Crippen LogP contribution in [0.3, 0.4) is 0 Å². The van der Waals surface area contributed by atoms with Gasteiger partial charge in [-0.3, -0.25) is 0 Å². The highest BCUT2D eigenvalue weighted by Crippen LogP contribution is 2.32. The van der Waals surface area contributed by atoms with Crippen LogP contribution in [0.15, 0.2) is 12.1 Å². The molecule has 5 heteroatoms. The average molecular weight is 256 g/mol. The van der Waals surface area contributed by atoms with E-state index >= 15 is 0 Å². The van der Waals surface area contributed by atoms with Crippen molar-refractivity contribution in [2.45, 2.75) is 26.4 Å². The lowest BCUT2D eigenvalue weighted by molar-refractivity contribution is 0.00639. The summed E-state index contributed by atoms with van der Waals surface area (Å²) in [6, 6.07) is 2.77. The van der Waals surface area contributed by atoms with E-state index in [-0.39, 0.29) is 17.1 Å². The van der Waals surface area contributed by atoms with Crippen molar-refractivity contribution in [3.8, 4) is 11.5 Å². The number of hydrogen-bond acceptors (Lipinski definition) is 4. The van der Waals surface area contributed by atoms with Crippen LogP contribution in [-0.2, 0) is 4.74 Å². The highest BCUT2D eigenvalue weighted by Gasteiger charge is 2.24. The van der Waals surface area contributed by atoms with Crippen molar-refractivity contribution >= 4 is 5.97 Å². The Hall–Kier alpha value is -1.78. The lowest BCUT2D eigenvalue weighted by Crippen LogP contribution is -2.24. The van der Waals surface area contributed by atoms with Crippen LogP contribution in [0, 0.1) is 5.82 Å². The van der Waals surface area contributed by atoms with Gasteiger partial charge in [0, 0.05) is 0 Å². The van der Waals surface area contributed by atoms with E-state index in [1.54, 1.807) is 20.8 Å². The smallest absolute Gasteiger partial charge is 0.341 e. The lowest BCUT2D eigenvalue weighted by atomic mass is 10.1. The van der Waals surface area contributed by atoms with Crippen LogP contribution < -0.4 is 9.47 Å². The van der Waals surface area contributed by atoms with Gasteiger partial charge >= 0.3 is 5.97 Å². The number of esters is 1. The second-order valence-electron chi connectivity index (χ2n) is 4.66. The minimum atomic E-state index is -0.786. The maximum absolute atomic E-state index is 14.0. The van der Waals surface area contributed by atoms with Crippen molar-refractivity contribution in [1.82, 2.24) is 0 Å². The molecule has 0 amide bonds. The van der Waals surface area contributed by atoms with Gasteiger partial charge in [0.25, 0.3) is 0 Å². The van der Waals surface area contributed by atoms with Gasteiger partial charge in [-0.05, 0) is 32.9 Å². The third-order valence-electron chi connectivity index (χ3n) is 2.10. The highest BCUT2D eigenvalue weighted by atomic mass is 19.1.